The molecule has 0 radical (unpaired) electrons. The van der Waals surface area contributed by atoms with Gasteiger partial charge in [0, 0.05) is 40.4 Å². The van der Waals surface area contributed by atoms with Gasteiger partial charge in [-0.15, -0.1) is 0 Å². The molecule has 0 aromatic rings. The maximum atomic E-state index is 8.57. The number of aliphatic hydroxyl groups excluding tert-OH is 2. The van der Waals surface area contributed by atoms with Crippen LogP contribution in [0.2, 0.25) is 0 Å². The third-order valence-corrected chi connectivity index (χ3v) is 1.63. The predicted octanol–water partition coefficient (Wildman–Crippen LogP) is -0.103. The minimum absolute atomic E-state index is 0.167. The van der Waals surface area contributed by atoms with Crippen LogP contribution in [0, 0.1) is 0 Å². The number of hydrogen-bond donors (Lipinski definition) is 2. The maximum Gasteiger partial charge on any atom is 0.0448 e. The first kappa shape index (κ1) is 13.1. The molecule has 0 rings (SSSR count). The van der Waals surface area contributed by atoms with E-state index in [4.69, 9.17) is 10.2 Å². The lowest BCUT2D eigenvalue weighted by Crippen LogP contribution is -2.17. The van der Waals surface area contributed by atoms with Crippen LogP contribution < -0.4 is 0 Å². The lowest BCUT2D eigenvalue weighted by molar-refractivity contribution is 0.207. The molecule has 0 unspecified atom stereocenters. The summed E-state index contributed by atoms with van der Waals surface area (Å²) in [4.78, 5) is 0. The van der Waals surface area contributed by atoms with E-state index in [0.717, 1.165) is 0 Å². The van der Waals surface area contributed by atoms with E-state index in [-0.39, 0.29) is 13.2 Å². The van der Waals surface area contributed by atoms with Crippen LogP contribution >= 0.6 is 0 Å². The lowest BCUT2D eigenvalue weighted by atomic mass is 10.4. The highest BCUT2D eigenvalue weighted by Crippen LogP contribution is 1.93. The van der Waals surface area contributed by atoms with Gasteiger partial charge in [0.25, 0.3) is 0 Å². The van der Waals surface area contributed by atoms with Crippen molar-refractivity contribution >= 4 is 0 Å². The topological polar surface area (TPSA) is 71.7 Å². The predicted molar refractivity (Wildman–Crippen MR) is 53.5 cm³/mol. The van der Waals surface area contributed by atoms with E-state index in [0.29, 0.717) is 25.9 Å². The summed E-state index contributed by atoms with van der Waals surface area (Å²) in [6, 6.07) is 0. The Morgan fingerprint density at radius 1 is 0.857 bits per heavy atom. The van der Waals surface area contributed by atoms with Crippen molar-refractivity contribution < 1.29 is 10.2 Å². The first-order valence-corrected chi connectivity index (χ1v) is 4.76. The average molecular weight is 204 g/mol. The molecule has 0 aliphatic heterocycles. The Kier molecular flexibility index (Phi) is 8.16. The van der Waals surface area contributed by atoms with Gasteiger partial charge in [-0.1, -0.05) is 10.4 Å². The second-order valence-corrected chi connectivity index (χ2v) is 3.10. The van der Waals surface area contributed by atoms with Gasteiger partial charge in [0.2, 0.25) is 0 Å². The second kappa shape index (κ2) is 8.71. The van der Waals surface area contributed by atoms with Gasteiger partial charge in [-0.2, -0.15) is 0 Å². The van der Waals surface area contributed by atoms with Crippen molar-refractivity contribution in [1.82, 2.24) is 10.0 Å². The third-order valence-electron chi connectivity index (χ3n) is 1.63. The highest BCUT2D eigenvalue weighted by Gasteiger charge is 1.94. The summed E-state index contributed by atoms with van der Waals surface area (Å²) >= 11 is 0. The highest BCUT2D eigenvalue weighted by atomic mass is 16.3. The molecule has 6 nitrogen and oxygen atoms in total. The fourth-order valence-electron chi connectivity index (χ4n) is 0.825. The summed E-state index contributed by atoms with van der Waals surface area (Å²) in [5.41, 5.74) is 0. The van der Waals surface area contributed by atoms with E-state index in [9.17, 15) is 0 Å². The zero-order valence-electron chi connectivity index (χ0n) is 8.93. The lowest BCUT2D eigenvalue weighted by Gasteiger charge is -2.13. The largest absolute Gasteiger partial charge is 0.396 e. The van der Waals surface area contributed by atoms with Gasteiger partial charge in [-0.25, -0.2) is 0 Å². The van der Waals surface area contributed by atoms with Crippen molar-refractivity contribution in [3.8, 4) is 0 Å². The smallest absolute Gasteiger partial charge is 0.0448 e. The van der Waals surface area contributed by atoms with Gasteiger partial charge in [-0.05, 0) is 12.8 Å². The zero-order chi connectivity index (χ0) is 10.8. The Morgan fingerprint density at radius 3 is 1.50 bits per heavy atom. The van der Waals surface area contributed by atoms with Gasteiger partial charge in [0.15, 0.2) is 0 Å². The normalized spacial score (nSPS) is 10.9. The van der Waals surface area contributed by atoms with E-state index in [2.05, 4.69) is 10.4 Å². The summed E-state index contributed by atoms with van der Waals surface area (Å²) in [6.07, 6.45) is 1.38. The molecule has 0 atom stereocenters. The summed E-state index contributed by atoms with van der Waals surface area (Å²) in [7, 11) is 3.61. The van der Waals surface area contributed by atoms with E-state index < -0.39 is 0 Å². The van der Waals surface area contributed by atoms with Crippen LogP contribution in [0.25, 0.3) is 0 Å². The Labute approximate surface area is 84.8 Å². The fourth-order valence-corrected chi connectivity index (χ4v) is 0.825. The van der Waals surface area contributed by atoms with Crippen molar-refractivity contribution in [2.75, 3.05) is 40.4 Å². The average Bonchev–Trinajstić information content (AvgIpc) is 2.20. The summed E-state index contributed by atoms with van der Waals surface area (Å²) in [5, 5.41) is 28.3. The summed E-state index contributed by atoms with van der Waals surface area (Å²) in [6.45, 7) is 1.71. The molecule has 0 aliphatic rings. The molecule has 0 fully saturated rings. The first-order valence-electron chi connectivity index (χ1n) is 4.76. The fraction of sp³-hybridized carbons (Fsp3) is 1.00. The number of rotatable bonds is 8. The molecule has 0 aromatic heterocycles. The molecule has 6 heteroatoms. The molecule has 0 aromatic carbocycles. The molecule has 0 heterocycles. The van der Waals surface area contributed by atoms with E-state index in [1.165, 1.54) is 0 Å². The van der Waals surface area contributed by atoms with Gasteiger partial charge in [0.1, 0.15) is 0 Å². The Hall–Kier alpha value is -0.880. The molecule has 0 saturated carbocycles. The van der Waals surface area contributed by atoms with Gasteiger partial charge in [-0.3, -0.25) is 10.0 Å². The molecule has 0 aliphatic carbocycles. The standard InChI is InChI=1S/C8H20N4O2/c1-11(5-3-7-13)9-10-12(2)6-4-8-14/h13-14H,3-8H2,1-2H3/b10-9+. The van der Waals surface area contributed by atoms with Crippen LogP contribution in [0.3, 0.4) is 0 Å². The van der Waals surface area contributed by atoms with Gasteiger partial charge < -0.3 is 10.2 Å². The van der Waals surface area contributed by atoms with E-state index in [1.807, 2.05) is 0 Å². The van der Waals surface area contributed by atoms with Crippen molar-refractivity contribution in [2.24, 2.45) is 10.4 Å². The Morgan fingerprint density at radius 2 is 1.21 bits per heavy atom. The molecule has 2 N–H and O–H groups in total. The summed E-state index contributed by atoms with van der Waals surface area (Å²) in [5.74, 6) is 0. The van der Waals surface area contributed by atoms with E-state index in [1.54, 1.807) is 24.1 Å². The molecule has 0 bridgehead atoms. The molecular formula is C8H20N4O2. The highest BCUT2D eigenvalue weighted by molar-refractivity contribution is 4.43. The number of nitrogens with zero attached hydrogens (tertiary/aromatic N) is 4. The number of aliphatic hydroxyl groups is 2. The van der Waals surface area contributed by atoms with Crippen LogP contribution in [0.5, 0.6) is 0 Å². The van der Waals surface area contributed by atoms with E-state index >= 15 is 0 Å². The Bertz CT molecular complexity index is 138. The van der Waals surface area contributed by atoms with Gasteiger partial charge in [0.05, 0.1) is 0 Å². The Balaban J connectivity index is 3.56. The molecular weight excluding hydrogens is 184 g/mol. The van der Waals surface area contributed by atoms with Crippen molar-refractivity contribution in [1.29, 1.82) is 0 Å². The SMILES string of the molecule is CN(CCCO)/N=N/N(C)CCCO. The zero-order valence-corrected chi connectivity index (χ0v) is 8.93. The maximum absolute atomic E-state index is 8.57. The quantitative estimate of drug-likeness (QED) is 0.428. The molecule has 14 heavy (non-hydrogen) atoms. The van der Waals surface area contributed by atoms with Crippen LogP contribution in [-0.4, -0.2) is 60.6 Å². The van der Waals surface area contributed by atoms with Crippen LogP contribution in [-0.2, 0) is 0 Å². The van der Waals surface area contributed by atoms with Crippen LogP contribution in [0.15, 0.2) is 10.4 Å². The first-order chi connectivity index (χ1) is 6.70. The summed E-state index contributed by atoms with van der Waals surface area (Å²) < 4.78 is 0. The molecule has 0 amide bonds. The third kappa shape index (κ3) is 7.75. The minimum Gasteiger partial charge on any atom is -0.396 e. The monoisotopic (exact) mass is 204 g/mol. The van der Waals surface area contributed by atoms with Crippen LogP contribution in [0.1, 0.15) is 12.8 Å². The van der Waals surface area contributed by atoms with Crippen molar-refractivity contribution in [2.45, 2.75) is 12.8 Å². The van der Waals surface area contributed by atoms with Crippen molar-refractivity contribution in [3.05, 3.63) is 0 Å². The number of hydrogen-bond acceptors (Lipinski definition) is 4. The van der Waals surface area contributed by atoms with Crippen molar-refractivity contribution in [3.63, 3.8) is 0 Å². The minimum atomic E-state index is 0.167. The molecule has 0 spiro atoms. The van der Waals surface area contributed by atoms with Gasteiger partial charge >= 0.3 is 0 Å². The molecule has 0 saturated heterocycles. The molecule has 84 valence electrons. The van der Waals surface area contributed by atoms with Crippen LogP contribution in [0.4, 0.5) is 0 Å². The second-order valence-electron chi connectivity index (χ2n) is 3.10.